The Morgan fingerprint density at radius 3 is 2.27 bits per heavy atom. The molecule has 0 bridgehead atoms. The molecule has 2 amide bonds. The fourth-order valence-corrected chi connectivity index (χ4v) is 2.29. The number of unbranched alkanes of at least 4 members (excludes halogenated alkanes) is 1. The number of nitrogens with one attached hydrogen (secondary N) is 2. The van der Waals surface area contributed by atoms with E-state index >= 15 is 0 Å². The number of amides is 2. The first-order valence-electron chi connectivity index (χ1n) is 8.43. The number of rotatable bonds is 7. The lowest BCUT2D eigenvalue weighted by atomic mass is 10.1. The van der Waals surface area contributed by atoms with Crippen molar-refractivity contribution in [3.63, 3.8) is 0 Å². The van der Waals surface area contributed by atoms with Crippen LogP contribution in [0, 0.1) is 0 Å². The maximum absolute atomic E-state index is 12.3. The quantitative estimate of drug-likeness (QED) is 0.590. The van der Waals surface area contributed by atoms with Gasteiger partial charge in [0.15, 0.2) is 0 Å². The molecule has 0 aromatic heterocycles. The lowest BCUT2D eigenvalue weighted by Crippen LogP contribution is -2.24. The summed E-state index contributed by atoms with van der Waals surface area (Å²) in [6.07, 6.45) is 1.95. The van der Waals surface area contributed by atoms with Crippen LogP contribution in [0.2, 0.25) is 0 Å². The average molecular weight is 354 g/mol. The van der Waals surface area contributed by atoms with E-state index in [9.17, 15) is 14.4 Å². The van der Waals surface area contributed by atoms with Crippen LogP contribution < -0.4 is 10.6 Å². The Morgan fingerprint density at radius 1 is 0.923 bits per heavy atom. The van der Waals surface area contributed by atoms with Crippen molar-refractivity contribution in [2.75, 3.05) is 19.0 Å². The predicted octanol–water partition coefficient (Wildman–Crippen LogP) is 3.26. The molecule has 0 heterocycles. The Balaban J connectivity index is 2.01. The van der Waals surface area contributed by atoms with Gasteiger partial charge in [-0.3, -0.25) is 9.59 Å². The van der Waals surface area contributed by atoms with Crippen molar-refractivity contribution < 1.29 is 19.1 Å². The Hall–Kier alpha value is -3.15. The molecule has 2 N–H and O–H groups in total. The van der Waals surface area contributed by atoms with Crippen LogP contribution >= 0.6 is 0 Å². The van der Waals surface area contributed by atoms with E-state index in [1.807, 2.05) is 0 Å². The zero-order valence-electron chi connectivity index (χ0n) is 14.9. The zero-order valence-corrected chi connectivity index (χ0v) is 14.9. The van der Waals surface area contributed by atoms with Gasteiger partial charge in [-0.25, -0.2) is 4.79 Å². The van der Waals surface area contributed by atoms with E-state index in [0.29, 0.717) is 28.9 Å². The van der Waals surface area contributed by atoms with Crippen molar-refractivity contribution in [3.8, 4) is 0 Å². The van der Waals surface area contributed by atoms with E-state index < -0.39 is 5.97 Å². The highest BCUT2D eigenvalue weighted by Gasteiger charge is 2.11. The number of hydrogen-bond acceptors (Lipinski definition) is 4. The lowest BCUT2D eigenvalue weighted by Gasteiger charge is -2.08. The van der Waals surface area contributed by atoms with E-state index in [2.05, 4.69) is 22.3 Å². The third-order valence-electron chi connectivity index (χ3n) is 3.77. The molecule has 0 fully saturated rings. The van der Waals surface area contributed by atoms with Crippen molar-refractivity contribution in [2.24, 2.45) is 0 Å². The fourth-order valence-electron chi connectivity index (χ4n) is 2.29. The first-order chi connectivity index (χ1) is 12.5. The minimum atomic E-state index is -0.502. The van der Waals surface area contributed by atoms with Crippen molar-refractivity contribution >= 4 is 23.5 Å². The average Bonchev–Trinajstić information content (AvgIpc) is 2.68. The molecule has 0 saturated carbocycles. The van der Waals surface area contributed by atoms with Gasteiger partial charge in [-0.1, -0.05) is 19.4 Å². The molecule has 136 valence electrons. The standard InChI is InChI=1S/C20H22N2O4/c1-3-4-12-21-18(23)14-8-10-17(11-9-14)22-19(24)15-6-5-7-16(13-15)20(25)26-2/h5-11,13H,3-4,12H2,1-2H3,(H,21,23)(H,22,24). The second-order valence-corrected chi connectivity index (χ2v) is 5.71. The molecule has 0 spiro atoms. The van der Waals surface area contributed by atoms with Gasteiger partial charge in [0, 0.05) is 23.4 Å². The zero-order chi connectivity index (χ0) is 18.9. The van der Waals surface area contributed by atoms with Gasteiger partial charge >= 0.3 is 5.97 Å². The number of methoxy groups -OCH3 is 1. The first kappa shape index (κ1) is 19.2. The van der Waals surface area contributed by atoms with E-state index in [1.165, 1.54) is 13.2 Å². The summed E-state index contributed by atoms with van der Waals surface area (Å²) in [4.78, 5) is 35.8. The van der Waals surface area contributed by atoms with Gasteiger partial charge in [-0.15, -0.1) is 0 Å². The SMILES string of the molecule is CCCCNC(=O)c1ccc(NC(=O)c2cccc(C(=O)OC)c2)cc1. The number of esters is 1. The van der Waals surface area contributed by atoms with Crippen LogP contribution in [0.15, 0.2) is 48.5 Å². The summed E-state index contributed by atoms with van der Waals surface area (Å²) in [5, 5.41) is 5.58. The van der Waals surface area contributed by atoms with E-state index in [-0.39, 0.29) is 11.8 Å². The first-order valence-corrected chi connectivity index (χ1v) is 8.43. The number of ether oxygens (including phenoxy) is 1. The van der Waals surface area contributed by atoms with Crippen LogP contribution in [0.4, 0.5) is 5.69 Å². The summed E-state index contributed by atoms with van der Waals surface area (Å²) < 4.78 is 4.65. The number of anilines is 1. The topological polar surface area (TPSA) is 84.5 Å². The molecule has 0 aliphatic rings. The van der Waals surface area contributed by atoms with Gasteiger partial charge in [-0.2, -0.15) is 0 Å². The number of benzene rings is 2. The molecular formula is C20H22N2O4. The molecule has 0 radical (unpaired) electrons. The highest BCUT2D eigenvalue weighted by Crippen LogP contribution is 2.13. The minimum absolute atomic E-state index is 0.137. The van der Waals surface area contributed by atoms with Crippen molar-refractivity contribution in [2.45, 2.75) is 19.8 Å². The minimum Gasteiger partial charge on any atom is -0.465 e. The molecule has 0 atom stereocenters. The maximum Gasteiger partial charge on any atom is 0.337 e. The third kappa shape index (κ3) is 5.17. The Bertz CT molecular complexity index is 785. The molecular weight excluding hydrogens is 332 g/mol. The second kappa shape index (κ2) is 9.36. The Labute approximate surface area is 152 Å². The summed E-state index contributed by atoms with van der Waals surface area (Å²) in [5.74, 6) is -0.990. The summed E-state index contributed by atoms with van der Waals surface area (Å²) in [7, 11) is 1.29. The van der Waals surface area contributed by atoms with Gasteiger partial charge in [0.05, 0.1) is 12.7 Å². The molecule has 0 aliphatic heterocycles. The Morgan fingerprint density at radius 2 is 1.62 bits per heavy atom. The molecule has 2 rings (SSSR count). The van der Waals surface area contributed by atoms with Gasteiger partial charge in [0.1, 0.15) is 0 Å². The van der Waals surface area contributed by atoms with E-state index in [4.69, 9.17) is 0 Å². The van der Waals surface area contributed by atoms with Gasteiger partial charge < -0.3 is 15.4 Å². The van der Waals surface area contributed by atoms with Gasteiger partial charge in [0.2, 0.25) is 0 Å². The highest BCUT2D eigenvalue weighted by molar-refractivity contribution is 6.06. The van der Waals surface area contributed by atoms with Crippen LogP contribution in [0.3, 0.4) is 0 Å². The summed E-state index contributed by atoms with van der Waals surface area (Å²) in [5.41, 5.74) is 1.74. The van der Waals surface area contributed by atoms with Crippen molar-refractivity contribution in [3.05, 3.63) is 65.2 Å². The highest BCUT2D eigenvalue weighted by atomic mass is 16.5. The molecule has 26 heavy (non-hydrogen) atoms. The molecule has 6 heteroatoms. The predicted molar refractivity (Wildman–Crippen MR) is 99.4 cm³/mol. The van der Waals surface area contributed by atoms with E-state index in [0.717, 1.165) is 12.8 Å². The van der Waals surface area contributed by atoms with Gasteiger partial charge in [0.25, 0.3) is 11.8 Å². The third-order valence-corrected chi connectivity index (χ3v) is 3.77. The summed E-state index contributed by atoms with van der Waals surface area (Å²) in [6, 6.07) is 12.9. The largest absolute Gasteiger partial charge is 0.465 e. The second-order valence-electron chi connectivity index (χ2n) is 5.71. The molecule has 6 nitrogen and oxygen atoms in total. The number of hydrogen-bond donors (Lipinski definition) is 2. The summed E-state index contributed by atoms with van der Waals surface area (Å²) in [6.45, 7) is 2.70. The molecule has 2 aromatic carbocycles. The normalized spacial score (nSPS) is 10.1. The fraction of sp³-hybridized carbons (Fsp3) is 0.250. The molecule has 2 aromatic rings. The Kier molecular flexibility index (Phi) is 6.91. The van der Waals surface area contributed by atoms with E-state index in [1.54, 1.807) is 42.5 Å². The van der Waals surface area contributed by atoms with Crippen LogP contribution in [0.5, 0.6) is 0 Å². The van der Waals surface area contributed by atoms with Crippen LogP contribution in [0.25, 0.3) is 0 Å². The van der Waals surface area contributed by atoms with Crippen molar-refractivity contribution in [1.82, 2.24) is 5.32 Å². The molecule has 0 saturated heterocycles. The van der Waals surface area contributed by atoms with Crippen LogP contribution in [0.1, 0.15) is 50.8 Å². The molecule has 0 unspecified atom stereocenters. The van der Waals surface area contributed by atoms with Crippen LogP contribution in [-0.2, 0) is 4.74 Å². The maximum atomic E-state index is 12.3. The number of carbonyl (C=O) groups is 3. The van der Waals surface area contributed by atoms with Crippen LogP contribution in [-0.4, -0.2) is 31.4 Å². The smallest absolute Gasteiger partial charge is 0.337 e. The monoisotopic (exact) mass is 354 g/mol. The molecule has 0 aliphatic carbocycles. The number of carbonyl (C=O) groups excluding carboxylic acids is 3. The summed E-state index contributed by atoms with van der Waals surface area (Å²) >= 11 is 0. The lowest BCUT2D eigenvalue weighted by molar-refractivity contribution is 0.0600. The van der Waals surface area contributed by atoms with Gasteiger partial charge in [-0.05, 0) is 48.9 Å². The van der Waals surface area contributed by atoms with Crippen molar-refractivity contribution in [1.29, 1.82) is 0 Å².